The molecular weight excluding hydrogens is 412 g/mol. The maximum atomic E-state index is 9.33. The summed E-state index contributed by atoms with van der Waals surface area (Å²) in [5.74, 6) is 0.123. The number of nitriles is 1. The molecule has 0 fully saturated rings. The maximum Gasteiger partial charge on any atom is 0.154 e. The van der Waals surface area contributed by atoms with Gasteiger partial charge in [0.05, 0.1) is 35.3 Å². The summed E-state index contributed by atoms with van der Waals surface area (Å²) in [5, 5.41) is 22.7. The molecule has 8 heteroatoms. The SMILES string of the molecule is Cc1cccc(CN/N=C2\C(=N)C(c3ccncc3C)=C(c3cccc(C#N)c3)N=C2N)n1. The van der Waals surface area contributed by atoms with Gasteiger partial charge in [-0.25, -0.2) is 4.99 Å². The van der Waals surface area contributed by atoms with Crippen molar-refractivity contribution in [3.63, 3.8) is 0 Å². The molecule has 0 saturated heterocycles. The largest absolute Gasteiger partial charge is 0.382 e. The van der Waals surface area contributed by atoms with Crippen molar-refractivity contribution >= 4 is 28.5 Å². The van der Waals surface area contributed by atoms with Gasteiger partial charge >= 0.3 is 0 Å². The van der Waals surface area contributed by atoms with Crippen molar-refractivity contribution in [2.24, 2.45) is 15.8 Å². The third-order valence-electron chi connectivity index (χ3n) is 5.15. The number of benzene rings is 1. The lowest BCUT2D eigenvalue weighted by Gasteiger charge is -2.22. The van der Waals surface area contributed by atoms with E-state index >= 15 is 0 Å². The summed E-state index contributed by atoms with van der Waals surface area (Å²) in [4.78, 5) is 13.2. The van der Waals surface area contributed by atoms with Gasteiger partial charge in [-0.2, -0.15) is 10.4 Å². The molecule has 3 aromatic rings. The molecule has 0 aliphatic carbocycles. The van der Waals surface area contributed by atoms with E-state index in [1.165, 1.54) is 0 Å². The van der Waals surface area contributed by atoms with E-state index in [0.29, 0.717) is 28.9 Å². The first-order valence-corrected chi connectivity index (χ1v) is 10.3. The lowest BCUT2D eigenvalue weighted by molar-refractivity contribution is 0.726. The van der Waals surface area contributed by atoms with E-state index in [2.05, 4.69) is 31.6 Å². The number of pyridine rings is 2. The molecule has 4 N–H and O–H groups in total. The normalized spacial score (nSPS) is 14.8. The highest BCUT2D eigenvalue weighted by molar-refractivity contribution is 6.78. The molecule has 0 spiro atoms. The van der Waals surface area contributed by atoms with Crippen molar-refractivity contribution in [2.75, 3.05) is 0 Å². The summed E-state index contributed by atoms with van der Waals surface area (Å²) in [6.07, 6.45) is 3.41. The first kappa shape index (κ1) is 21.6. The second-order valence-corrected chi connectivity index (χ2v) is 7.54. The van der Waals surface area contributed by atoms with Crippen LogP contribution in [-0.4, -0.2) is 27.2 Å². The van der Waals surface area contributed by atoms with Crippen LogP contribution < -0.4 is 11.2 Å². The first-order valence-electron chi connectivity index (χ1n) is 10.3. The fourth-order valence-corrected chi connectivity index (χ4v) is 3.57. The summed E-state index contributed by atoms with van der Waals surface area (Å²) in [5.41, 5.74) is 15.3. The summed E-state index contributed by atoms with van der Waals surface area (Å²) >= 11 is 0. The monoisotopic (exact) mass is 434 g/mol. The average Bonchev–Trinajstić information content (AvgIpc) is 2.82. The van der Waals surface area contributed by atoms with E-state index in [1.807, 2.05) is 44.2 Å². The molecule has 33 heavy (non-hydrogen) atoms. The lowest BCUT2D eigenvalue weighted by atomic mass is 9.89. The molecule has 0 amide bonds. The van der Waals surface area contributed by atoms with Crippen molar-refractivity contribution in [1.82, 2.24) is 15.4 Å². The molecule has 1 aromatic carbocycles. The molecule has 8 nitrogen and oxygen atoms in total. The Morgan fingerprint density at radius 1 is 1.15 bits per heavy atom. The fraction of sp³-hybridized carbons (Fsp3) is 0.120. The number of hydrogen-bond donors (Lipinski definition) is 3. The fourth-order valence-electron chi connectivity index (χ4n) is 3.57. The van der Waals surface area contributed by atoms with Gasteiger partial charge in [0, 0.05) is 29.2 Å². The van der Waals surface area contributed by atoms with Crippen LogP contribution in [0.5, 0.6) is 0 Å². The van der Waals surface area contributed by atoms with Gasteiger partial charge in [-0.3, -0.25) is 15.4 Å². The Morgan fingerprint density at radius 2 is 1.97 bits per heavy atom. The molecule has 0 unspecified atom stereocenters. The van der Waals surface area contributed by atoms with Gasteiger partial charge in [0.1, 0.15) is 0 Å². The van der Waals surface area contributed by atoms with Crippen LogP contribution in [-0.2, 0) is 6.54 Å². The Hall–Kier alpha value is -4.64. The van der Waals surface area contributed by atoms with Crippen molar-refractivity contribution in [3.8, 4) is 6.07 Å². The van der Waals surface area contributed by atoms with Crippen LogP contribution in [0, 0.1) is 30.6 Å². The van der Waals surface area contributed by atoms with Gasteiger partial charge in [-0.05, 0) is 55.3 Å². The Kier molecular flexibility index (Phi) is 6.04. The molecule has 1 aliphatic rings. The van der Waals surface area contributed by atoms with Crippen LogP contribution in [0.25, 0.3) is 11.3 Å². The zero-order valence-electron chi connectivity index (χ0n) is 18.3. The Morgan fingerprint density at radius 3 is 2.73 bits per heavy atom. The molecule has 4 rings (SSSR count). The van der Waals surface area contributed by atoms with E-state index in [-0.39, 0.29) is 17.3 Å². The highest BCUT2D eigenvalue weighted by Gasteiger charge is 2.28. The number of rotatable bonds is 5. The second-order valence-electron chi connectivity index (χ2n) is 7.54. The topological polar surface area (TPSA) is 136 Å². The van der Waals surface area contributed by atoms with Crippen LogP contribution in [0.4, 0.5) is 0 Å². The van der Waals surface area contributed by atoms with E-state index in [9.17, 15) is 5.26 Å². The lowest BCUT2D eigenvalue weighted by Crippen LogP contribution is -2.36. The number of allylic oxidation sites excluding steroid dienone is 1. The molecule has 162 valence electrons. The van der Waals surface area contributed by atoms with Gasteiger partial charge in [0.2, 0.25) is 0 Å². The molecule has 0 bridgehead atoms. The highest BCUT2D eigenvalue weighted by atomic mass is 15.3. The summed E-state index contributed by atoms with van der Waals surface area (Å²) < 4.78 is 0. The van der Waals surface area contributed by atoms with Gasteiger partial charge in [0.15, 0.2) is 11.5 Å². The zero-order valence-corrected chi connectivity index (χ0v) is 18.3. The number of aliphatic imine (C=N–C) groups is 1. The van der Waals surface area contributed by atoms with Crippen molar-refractivity contribution in [3.05, 3.63) is 94.6 Å². The molecule has 2 aromatic heterocycles. The van der Waals surface area contributed by atoms with Crippen molar-refractivity contribution in [2.45, 2.75) is 20.4 Å². The molecule has 0 radical (unpaired) electrons. The maximum absolute atomic E-state index is 9.33. The van der Waals surface area contributed by atoms with Crippen molar-refractivity contribution in [1.29, 1.82) is 10.7 Å². The van der Waals surface area contributed by atoms with Gasteiger partial charge < -0.3 is 11.2 Å². The quantitative estimate of drug-likeness (QED) is 0.529. The summed E-state index contributed by atoms with van der Waals surface area (Å²) in [6.45, 7) is 4.23. The first-order chi connectivity index (χ1) is 16.0. The minimum Gasteiger partial charge on any atom is -0.382 e. The third kappa shape index (κ3) is 4.52. The Balaban J connectivity index is 1.78. The minimum atomic E-state index is 0.123. The number of aryl methyl sites for hydroxylation is 2. The van der Waals surface area contributed by atoms with E-state index < -0.39 is 0 Å². The van der Waals surface area contributed by atoms with Crippen LogP contribution >= 0.6 is 0 Å². The molecule has 0 saturated carbocycles. The van der Waals surface area contributed by atoms with Gasteiger partial charge in [0.25, 0.3) is 0 Å². The number of nitrogens with zero attached hydrogens (tertiary/aromatic N) is 5. The molecule has 1 aliphatic heterocycles. The predicted octanol–water partition coefficient (Wildman–Crippen LogP) is 3.37. The third-order valence-corrected chi connectivity index (χ3v) is 5.15. The second kappa shape index (κ2) is 9.24. The number of amidine groups is 1. The molecule has 3 heterocycles. The number of aromatic nitrogens is 2. The number of nitrogens with one attached hydrogen (secondary N) is 2. The Labute approximate surface area is 191 Å². The summed E-state index contributed by atoms with van der Waals surface area (Å²) in [6, 6.07) is 16.8. The molecule has 0 atom stereocenters. The van der Waals surface area contributed by atoms with Crippen LogP contribution in [0.3, 0.4) is 0 Å². The van der Waals surface area contributed by atoms with Crippen molar-refractivity contribution < 1.29 is 0 Å². The van der Waals surface area contributed by atoms with Crippen LogP contribution in [0.2, 0.25) is 0 Å². The zero-order chi connectivity index (χ0) is 23.4. The van der Waals surface area contributed by atoms with Crippen LogP contribution in [0.15, 0.2) is 71.0 Å². The van der Waals surface area contributed by atoms with E-state index in [4.69, 9.17) is 11.1 Å². The van der Waals surface area contributed by atoms with Crippen LogP contribution in [0.1, 0.15) is 33.6 Å². The molecular formula is C25H22N8. The number of nitrogens with two attached hydrogens (primary N) is 1. The number of hydrazone groups is 1. The van der Waals surface area contributed by atoms with Gasteiger partial charge in [-0.1, -0.05) is 18.2 Å². The predicted molar refractivity (Wildman–Crippen MR) is 130 cm³/mol. The minimum absolute atomic E-state index is 0.123. The standard InChI is InChI=1S/C25H22N8/c1-15-13-29-10-9-20(15)21-22(27)24(33-30-14-19-8-3-5-16(2)31-19)25(28)32-23(21)18-7-4-6-17(11-18)12-26/h3-11,13,27,30H,14H2,1-2H3,(H2,28,32)/b27-22?,33-24+. The van der Waals surface area contributed by atoms with E-state index in [1.54, 1.807) is 30.6 Å². The highest BCUT2D eigenvalue weighted by Crippen LogP contribution is 2.33. The average molecular weight is 435 g/mol. The van der Waals surface area contributed by atoms with Gasteiger partial charge in [-0.15, -0.1) is 0 Å². The smallest absolute Gasteiger partial charge is 0.154 e. The Bertz CT molecular complexity index is 1370. The summed E-state index contributed by atoms with van der Waals surface area (Å²) in [7, 11) is 0. The van der Waals surface area contributed by atoms with E-state index in [0.717, 1.165) is 22.5 Å². The number of hydrogen-bond acceptors (Lipinski definition) is 8.